The molecule has 0 spiro atoms. The molecule has 1 aromatic heterocycles. The number of nitrogens with zero attached hydrogens (tertiary/aromatic N) is 1. The summed E-state index contributed by atoms with van der Waals surface area (Å²) in [5, 5.41) is 3.92. The Morgan fingerprint density at radius 2 is 2.05 bits per heavy atom. The standard InChI is InChI=1S/C14H15ClN2O2/c1-18-13-6-5-11(15)8-12(13)17-9-10-4-3-7-16-14(10)19-2/h3-8,17H,9H2,1-2H3. The van der Waals surface area contributed by atoms with Gasteiger partial charge in [-0.2, -0.15) is 0 Å². The molecule has 4 nitrogen and oxygen atoms in total. The number of nitrogens with one attached hydrogen (secondary N) is 1. The molecule has 1 N–H and O–H groups in total. The van der Waals surface area contributed by atoms with E-state index in [1.54, 1.807) is 26.5 Å². The van der Waals surface area contributed by atoms with E-state index in [-0.39, 0.29) is 0 Å². The van der Waals surface area contributed by atoms with E-state index in [0.717, 1.165) is 17.0 Å². The van der Waals surface area contributed by atoms with Gasteiger partial charge in [-0.15, -0.1) is 0 Å². The summed E-state index contributed by atoms with van der Waals surface area (Å²) in [6, 6.07) is 9.26. The summed E-state index contributed by atoms with van der Waals surface area (Å²) in [5.74, 6) is 1.35. The highest BCUT2D eigenvalue weighted by Gasteiger charge is 2.06. The van der Waals surface area contributed by atoms with Gasteiger partial charge in [0.2, 0.25) is 5.88 Å². The first-order valence-corrected chi connectivity index (χ1v) is 6.17. The molecule has 0 saturated carbocycles. The molecule has 0 unspecified atom stereocenters. The summed E-state index contributed by atoms with van der Waals surface area (Å²) in [6.45, 7) is 0.577. The Bertz CT molecular complexity index is 561. The third-order valence-corrected chi connectivity index (χ3v) is 2.91. The van der Waals surface area contributed by atoms with E-state index in [0.29, 0.717) is 17.4 Å². The Balaban J connectivity index is 2.16. The molecule has 0 atom stereocenters. The molecule has 5 heteroatoms. The van der Waals surface area contributed by atoms with Crippen LogP contribution < -0.4 is 14.8 Å². The highest BCUT2D eigenvalue weighted by Crippen LogP contribution is 2.28. The van der Waals surface area contributed by atoms with Crippen LogP contribution in [0.5, 0.6) is 11.6 Å². The van der Waals surface area contributed by atoms with Crippen LogP contribution >= 0.6 is 11.6 Å². The first-order valence-electron chi connectivity index (χ1n) is 5.80. The molecule has 2 rings (SSSR count). The van der Waals surface area contributed by atoms with Crippen LogP contribution in [0.25, 0.3) is 0 Å². The SMILES string of the molecule is COc1ccc(Cl)cc1NCc1cccnc1OC. The van der Waals surface area contributed by atoms with Gasteiger partial charge >= 0.3 is 0 Å². The predicted molar refractivity (Wildman–Crippen MR) is 76.1 cm³/mol. The van der Waals surface area contributed by atoms with Crippen LogP contribution in [0.1, 0.15) is 5.56 Å². The van der Waals surface area contributed by atoms with Crippen LogP contribution in [0.4, 0.5) is 5.69 Å². The van der Waals surface area contributed by atoms with E-state index in [1.165, 1.54) is 0 Å². The molecule has 0 aliphatic heterocycles. The zero-order valence-corrected chi connectivity index (χ0v) is 11.6. The number of anilines is 1. The summed E-state index contributed by atoms with van der Waals surface area (Å²) in [4.78, 5) is 4.15. The number of benzene rings is 1. The van der Waals surface area contributed by atoms with Gasteiger partial charge in [-0.3, -0.25) is 0 Å². The van der Waals surface area contributed by atoms with E-state index < -0.39 is 0 Å². The lowest BCUT2D eigenvalue weighted by Gasteiger charge is -2.12. The maximum Gasteiger partial charge on any atom is 0.218 e. The molecular formula is C14H15ClN2O2. The smallest absolute Gasteiger partial charge is 0.218 e. The number of pyridine rings is 1. The largest absolute Gasteiger partial charge is 0.495 e. The summed E-state index contributed by atoms with van der Waals surface area (Å²) in [6.07, 6.45) is 1.70. The minimum absolute atomic E-state index is 0.577. The third kappa shape index (κ3) is 3.29. The molecule has 0 aliphatic carbocycles. The molecule has 0 bridgehead atoms. The average Bonchev–Trinajstić information content (AvgIpc) is 2.45. The molecule has 1 heterocycles. The number of hydrogen-bond donors (Lipinski definition) is 1. The maximum absolute atomic E-state index is 5.98. The van der Waals surface area contributed by atoms with Crippen LogP contribution in [-0.2, 0) is 6.54 Å². The van der Waals surface area contributed by atoms with E-state index in [9.17, 15) is 0 Å². The summed E-state index contributed by atoms with van der Waals surface area (Å²) in [7, 11) is 3.23. The van der Waals surface area contributed by atoms with Gasteiger partial charge in [-0.1, -0.05) is 17.7 Å². The summed E-state index contributed by atoms with van der Waals surface area (Å²) in [5.41, 5.74) is 1.80. The van der Waals surface area contributed by atoms with Crippen molar-refractivity contribution in [3.8, 4) is 11.6 Å². The number of hydrogen-bond acceptors (Lipinski definition) is 4. The second-order valence-corrected chi connectivity index (χ2v) is 4.31. The second-order valence-electron chi connectivity index (χ2n) is 3.87. The van der Waals surface area contributed by atoms with Gasteiger partial charge in [0.1, 0.15) is 5.75 Å². The van der Waals surface area contributed by atoms with Crippen LogP contribution in [0.15, 0.2) is 36.5 Å². The number of methoxy groups -OCH3 is 2. The summed E-state index contributed by atoms with van der Waals surface area (Å²) >= 11 is 5.98. The van der Waals surface area contributed by atoms with E-state index in [2.05, 4.69) is 10.3 Å². The van der Waals surface area contributed by atoms with Gasteiger partial charge < -0.3 is 14.8 Å². The fourth-order valence-corrected chi connectivity index (χ4v) is 1.92. The molecule has 0 aliphatic rings. The zero-order chi connectivity index (χ0) is 13.7. The molecule has 0 amide bonds. The zero-order valence-electron chi connectivity index (χ0n) is 10.8. The Morgan fingerprint density at radius 3 is 2.79 bits per heavy atom. The molecule has 100 valence electrons. The Hall–Kier alpha value is -1.94. The molecule has 19 heavy (non-hydrogen) atoms. The van der Waals surface area contributed by atoms with Gasteiger partial charge in [0.05, 0.1) is 19.9 Å². The second kappa shape index (κ2) is 6.29. The molecule has 2 aromatic rings. The fraction of sp³-hybridized carbons (Fsp3) is 0.214. The van der Waals surface area contributed by atoms with E-state index in [1.807, 2.05) is 24.3 Å². The highest BCUT2D eigenvalue weighted by atomic mass is 35.5. The Labute approximate surface area is 117 Å². The predicted octanol–water partition coefficient (Wildman–Crippen LogP) is 3.36. The van der Waals surface area contributed by atoms with Crippen molar-refractivity contribution in [1.82, 2.24) is 4.98 Å². The van der Waals surface area contributed by atoms with Crippen molar-refractivity contribution in [1.29, 1.82) is 0 Å². The lowest BCUT2D eigenvalue weighted by molar-refractivity contribution is 0.393. The molecular weight excluding hydrogens is 264 g/mol. The minimum Gasteiger partial charge on any atom is -0.495 e. The lowest BCUT2D eigenvalue weighted by atomic mass is 10.2. The molecule has 0 fully saturated rings. The van der Waals surface area contributed by atoms with Gasteiger partial charge in [0.25, 0.3) is 0 Å². The number of ether oxygens (including phenoxy) is 2. The quantitative estimate of drug-likeness (QED) is 0.911. The first-order chi connectivity index (χ1) is 9.24. The van der Waals surface area contributed by atoms with Gasteiger partial charge in [-0.25, -0.2) is 4.98 Å². The molecule has 0 radical (unpaired) electrons. The van der Waals surface area contributed by atoms with Crippen molar-refractivity contribution in [3.05, 3.63) is 47.1 Å². The normalized spacial score (nSPS) is 10.1. The maximum atomic E-state index is 5.98. The Morgan fingerprint density at radius 1 is 1.21 bits per heavy atom. The van der Waals surface area contributed by atoms with Crippen LogP contribution in [0, 0.1) is 0 Å². The topological polar surface area (TPSA) is 43.4 Å². The van der Waals surface area contributed by atoms with E-state index >= 15 is 0 Å². The van der Waals surface area contributed by atoms with Crippen molar-refractivity contribution >= 4 is 17.3 Å². The molecule has 0 saturated heterocycles. The lowest BCUT2D eigenvalue weighted by Crippen LogP contribution is -2.04. The number of halogens is 1. The Kier molecular flexibility index (Phi) is 4.47. The van der Waals surface area contributed by atoms with Crippen molar-refractivity contribution in [2.75, 3.05) is 19.5 Å². The van der Waals surface area contributed by atoms with E-state index in [4.69, 9.17) is 21.1 Å². The highest BCUT2D eigenvalue weighted by molar-refractivity contribution is 6.30. The van der Waals surface area contributed by atoms with Crippen LogP contribution in [0.3, 0.4) is 0 Å². The number of rotatable bonds is 5. The van der Waals surface area contributed by atoms with Gasteiger partial charge in [0.15, 0.2) is 0 Å². The average molecular weight is 279 g/mol. The van der Waals surface area contributed by atoms with Gasteiger partial charge in [0, 0.05) is 23.3 Å². The third-order valence-electron chi connectivity index (χ3n) is 2.67. The van der Waals surface area contributed by atoms with Gasteiger partial charge in [-0.05, 0) is 24.3 Å². The van der Waals surface area contributed by atoms with Crippen LogP contribution in [0.2, 0.25) is 5.02 Å². The minimum atomic E-state index is 0.577. The van der Waals surface area contributed by atoms with Crippen molar-refractivity contribution < 1.29 is 9.47 Å². The van der Waals surface area contributed by atoms with Crippen molar-refractivity contribution in [2.45, 2.75) is 6.54 Å². The fourth-order valence-electron chi connectivity index (χ4n) is 1.75. The first kappa shape index (κ1) is 13.5. The molecule has 1 aromatic carbocycles. The van der Waals surface area contributed by atoms with Crippen LogP contribution in [-0.4, -0.2) is 19.2 Å². The van der Waals surface area contributed by atoms with Crippen molar-refractivity contribution in [3.63, 3.8) is 0 Å². The van der Waals surface area contributed by atoms with Crippen molar-refractivity contribution in [2.24, 2.45) is 0 Å². The summed E-state index contributed by atoms with van der Waals surface area (Å²) < 4.78 is 10.5. The monoisotopic (exact) mass is 278 g/mol. The number of aromatic nitrogens is 1.